The number of rotatable bonds is 3. The Morgan fingerprint density at radius 2 is 1.75 bits per heavy atom. The lowest BCUT2D eigenvalue weighted by Crippen LogP contribution is -2.25. The highest BCUT2D eigenvalue weighted by molar-refractivity contribution is 6.37. The zero-order chi connectivity index (χ0) is 17.4. The molecule has 0 spiro atoms. The fourth-order valence-corrected chi connectivity index (χ4v) is 2.91. The van der Waals surface area contributed by atoms with Gasteiger partial charge in [0.1, 0.15) is 5.82 Å². The highest BCUT2D eigenvalue weighted by Crippen LogP contribution is 2.28. The zero-order valence-corrected chi connectivity index (χ0v) is 14.9. The highest BCUT2D eigenvalue weighted by atomic mass is 35.5. The number of nitrogens with two attached hydrogens (primary N) is 1. The van der Waals surface area contributed by atoms with Crippen molar-refractivity contribution in [3.8, 4) is 5.69 Å². The molecule has 3 rings (SSSR count). The van der Waals surface area contributed by atoms with Crippen molar-refractivity contribution in [2.24, 2.45) is 0 Å². The summed E-state index contributed by atoms with van der Waals surface area (Å²) in [6.07, 6.45) is 0. The van der Waals surface area contributed by atoms with E-state index in [2.05, 4.69) is 5.10 Å². The topological polar surface area (TPSA) is 65.8 Å². The Hall–Kier alpha value is -1.95. The van der Waals surface area contributed by atoms with E-state index < -0.39 is 0 Å². The van der Waals surface area contributed by atoms with Crippen LogP contribution in [0, 0.1) is 6.92 Å². The first-order chi connectivity index (χ1) is 11.4. The van der Waals surface area contributed by atoms with Gasteiger partial charge in [0.05, 0.1) is 28.0 Å². The molecule has 1 aromatic heterocycles. The summed E-state index contributed by atoms with van der Waals surface area (Å²) in [6.45, 7) is 2.13. The summed E-state index contributed by atoms with van der Waals surface area (Å²) in [7, 11) is 0. The molecule has 5 nitrogen and oxygen atoms in total. The number of hydrogen-bond donors (Lipinski definition) is 1. The zero-order valence-electron chi connectivity index (χ0n) is 12.6. The van der Waals surface area contributed by atoms with Crippen LogP contribution in [0.3, 0.4) is 0 Å². The van der Waals surface area contributed by atoms with Crippen molar-refractivity contribution in [2.75, 3.05) is 5.73 Å². The Labute approximate surface area is 153 Å². The maximum atomic E-state index is 12.7. The normalized spacial score (nSPS) is 11.0. The molecule has 0 radical (unpaired) electrons. The number of aromatic nitrogens is 3. The fourth-order valence-electron chi connectivity index (χ4n) is 2.32. The summed E-state index contributed by atoms with van der Waals surface area (Å²) in [6, 6.07) is 10.3. The number of aryl methyl sites for hydroxylation is 1. The van der Waals surface area contributed by atoms with Crippen LogP contribution in [-0.2, 0) is 6.54 Å². The van der Waals surface area contributed by atoms with Gasteiger partial charge in [-0.15, -0.1) is 0 Å². The lowest BCUT2D eigenvalue weighted by molar-refractivity contribution is 0.723. The highest BCUT2D eigenvalue weighted by Gasteiger charge is 2.15. The Bertz CT molecular complexity index is 961. The number of nitrogen functional groups attached to an aromatic ring is 1. The third kappa shape index (κ3) is 3.15. The second-order valence-electron chi connectivity index (χ2n) is 5.28. The van der Waals surface area contributed by atoms with Gasteiger partial charge in [0.2, 0.25) is 0 Å². The molecular formula is C16H13Cl3N4O. The molecule has 1 heterocycles. The first kappa shape index (κ1) is 16.9. The Morgan fingerprint density at radius 1 is 1.08 bits per heavy atom. The van der Waals surface area contributed by atoms with Crippen LogP contribution in [0.25, 0.3) is 5.69 Å². The molecule has 0 fully saturated rings. The average molecular weight is 384 g/mol. The summed E-state index contributed by atoms with van der Waals surface area (Å²) in [4.78, 5) is 12.7. The van der Waals surface area contributed by atoms with Crippen molar-refractivity contribution in [2.45, 2.75) is 13.5 Å². The molecule has 8 heteroatoms. The largest absolute Gasteiger partial charge is 0.397 e. The predicted octanol–water partition coefficient (Wildman–Crippen LogP) is 3.93. The van der Waals surface area contributed by atoms with Gasteiger partial charge in [-0.05, 0) is 36.8 Å². The summed E-state index contributed by atoms with van der Waals surface area (Å²) in [5.74, 6) is 0.555. The van der Waals surface area contributed by atoms with Crippen LogP contribution >= 0.6 is 34.8 Å². The van der Waals surface area contributed by atoms with Crippen molar-refractivity contribution in [1.82, 2.24) is 14.3 Å². The van der Waals surface area contributed by atoms with Crippen LogP contribution in [0.2, 0.25) is 15.1 Å². The minimum Gasteiger partial charge on any atom is -0.397 e. The summed E-state index contributed by atoms with van der Waals surface area (Å²) in [5.41, 5.74) is 7.15. The molecule has 0 aliphatic carbocycles. The summed E-state index contributed by atoms with van der Waals surface area (Å²) < 4.78 is 2.77. The molecule has 2 N–H and O–H groups in total. The molecule has 2 aromatic carbocycles. The van der Waals surface area contributed by atoms with Crippen molar-refractivity contribution >= 4 is 40.5 Å². The molecule has 0 atom stereocenters. The molecule has 24 heavy (non-hydrogen) atoms. The van der Waals surface area contributed by atoms with E-state index in [0.29, 0.717) is 38.8 Å². The molecular weight excluding hydrogens is 371 g/mol. The average Bonchev–Trinajstić information content (AvgIpc) is 2.81. The van der Waals surface area contributed by atoms with E-state index in [4.69, 9.17) is 40.5 Å². The minimum atomic E-state index is -0.314. The second-order valence-corrected chi connectivity index (χ2v) is 6.53. The molecule has 3 aromatic rings. The summed E-state index contributed by atoms with van der Waals surface area (Å²) >= 11 is 18.0. The van der Waals surface area contributed by atoms with E-state index in [1.807, 2.05) is 12.1 Å². The van der Waals surface area contributed by atoms with Crippen LogP contribution in [-0.4, -0.2) is 14.3 Å². The van der Waals surface area contributed by atoms with Gasteiger partial charge < -0.3 is 5.73 Å². The van der Waals surface area contributed by atoms with Crippen molar-refractivity contribution in [3.05, 3.63) is 73.3 Å². The molecule has 0 aliphatic rings. The van der Waals surface area contributed by atoms with Crippen molar-refractivity contribution in [1.29, 1.82) is 0 Å². The molecule has 124 valence electrons. The van der Waals surface area contributed by atoms with Gasteiger partial charge in [0, 0.05) is 5.02 Å². The first-order valence-corrected chi connectivity index (χ1v) is 8.16. The third-order valence-electron chi connectivity index (χ3n) is 3.60. The van der Waals surface area contributed by atoms with Crippen molar-refractivity contribution < 1.29 is 0 Å². The SMILES string of the molecule is Cc1nn(-c2cc(N)c(Cl)cc2Cl)c(=O)n1Cc1ccc(Cl)cc1. The van der Waals surface area contributed by atoms with Crippen molar-refractivity contribution in [3.63, 3.8) is 0 Å². The third-order valence-corrected chi connectivity index (χ3v) is 4.48. The monoisotopic (exact) mass is 382 g/mol. The predicted molar refractivity (Wildman–Crippen MR) is 97.5 cm³/mol. The molecule has 0 saturated carbocycles. The van der Waals surface area contributed by atoms with E-state index in [-0.39, 0.29) is 5.69 Å². The molecule has 0 amide bonds. The Kier molecular flexibility index (Phi) is 4.58. The van der Waals surface area contributed by atoms with Crippen LogP contribution in [0.4, 0.5) is 5.69 Å². The van der Waals surface area contributed by atoms with E-state index in [1.54, 1.807) is 23.6 Å². The molecule has 0 aliphatic heterocycles. The molecule has 0 bridgehead atoms. The lowest BCUT2D eigenvalue weighted by atomic mass is 10.2. The maximum Gasteiger partial charge on any atom is 0.351 e. The Morgan fingerprint density at radius 3 is 2.42 bits per heavy atom. The molecule has 0 saturated heterocycles. The Balaban J connectivity index is 2.05. The van der Waals surface area contributed by atoms with Gasteiger partial charge >= 0.3 is 5.69 Å². The quantitative estimate of drug-likeness (QED) is 0.697. The van der Waals surface area contributed by atoms with Crippen LogP contribution in [0.15, 0.2) is 41.2 Å². The fraction of sp³-hybridized carbons (Fsp3) is 0.125. The van der Waals surface area contributed by atoms with Gasteiger partial charge in [0.25, 0.3) is 0 Å². The number of benzene rings is 2. The maximum absolute atomic E-state index is 12.7. The van der Waals surface area contributed by atoms with Crippen LogP contribution in [0.1, 0.15) is 11.4 Å². The van der Waals surface area contributed by atoms with Crippen LogP contribution < -0.4 is 11.4 Å². The van der Waals surface area contributed by atoms with Gasteiger partial charge in [-0.1, -0.05) is 46.9 Å². The summed E-state index contributed by atoms with van der Waals surface area (Å²) in [5, 5.41) is 5.55. The first-order valence-electron chi connectivity index (χ1n) is 7.02. The second kappa shape index (κ2) is 6.51. The van der Waals surface area contributed by atoms with Gasteiger partial charge in [-0.2, -0.15) is 9.78 Å². The standard InChI is InChI=1S/C16H13Cl3N4O/c1-9-21-23(15-7-14(20)12(18)6-13(15)19)16(24)22(9)8-10-2-4-11(17)5-3-10/h2-7H,8,20H2,1H3. The number of hydrogen-bond acceptors (Lipinski definition) is 3. The van der Waals surface area contributed by atoms with E-state index >= 15 is 0 Å². The van der Waals surface area contributed by atoms with Gasteiger partial charge in [-0.25, -0.2) is 4.79 Å². The number of nitrogens with zero attached hydrogens (tertiary/aromatic N) is 3. The van der Waals surface area contributed by atoms with E-state index in [1.165, 1.54) is 16.8 Å². The van der Waals surface area contributed by atoms with Gasteiger partial charge in [0.15, 0.2) is 0 Å². The number of anilines is 1. The number of halogens is 3. The van der Waals surface area contributed by atoms with E-state index in [9.17, 15) is 4.79 Å². The van der Waals surface area contributed by atoms with E-state index in [0.717, 1.165) is 5.56 Å². The molecule has 0 unspecified atom stereocenters. The smallest absolute Gasteiger partial charge is 0.351 e. The van der Waals surface area contributed by atoms with Gasteiger partial charge in [-0.3, -0.25) is 4.57 Å². The lowest BCUT2D eigenvalue weighted by Gasteiger charge is -2.06. The minimum absolute atomic E-state index is 0.299. The van der Waals surface area contributed by atoms with Crippen LogP contribution in [0.5, 0.6) is 0 Å².